The Balaban J connectivity index is 2.50. The van der Waals surface area contributed by atoms with Crippen LogP contribution in [0, 0.1) is 0 Å². The molecular formula is C8H17NO4. The number of hydrogen-bond donors (Lipinski definition) is 4. The Morgan fingerprint density at radius 1 is 1.31 bits per heavy atom. The topological polar surface area (TPSA) is 95.9 Å². The van der Waals surface area contributed by atoms with Crippen LogP contribution in [0.25, 0.3) is 0 Å². The summed E-state index contributed by atoms with van der Waals surface area (Å²) in [6, 6.07) is -0.0932. The summed E-state index contributed by atoms with van der Waals surface area (Å²) < 4.78 is 5.22. The maximum atomic E-state index is 9.47. The zero-order valence-electron chi connectivity index (χ0n) is 7.63. The summed E-state index contributed by atoms with van der Waals surface area (Å²) in [6.07, 6.45) is -2.61. The molecule has 1 aliphatic rings. The molecule has 0 aliphatic carbocycles. The molecule has 1 rings (SSSR count). The molecule has 5 nitrogen and oxygen atoms in total. The van der Waals surface area contributed by atoms with E-state index in [0.717, 1.165) is 0 Å². The van der Waals surface area contributed by atoms with Gasteiger partial charge in [-0.2, -0.15) is 0 Å². The molecule has 5 N–H and O–H groups in total. The van der Waals surface area contributed by atoms with Crippen LogP contribution in [0.15, 0.2) is 0 Å². The van der Waals surface area contributed by atoms with Gasteiger partial charge in [-0.1, -0.05) is 0 Å². The summed E-state index contributed by atoms with van der Waals surface area (Å²) in [5.41, 5.74) is 5.53. The first-order valence-electron chi connectivity index (χ1n) is 4.44. The zero-order valence-corrected chi connectivity index (χ0v) is 7.63. The first kappa shape index (κ1) is 10.9. The van der Waals surface area contributed by atoms with Gasteiger partial charge in [0.05, 0.1) is 12.7 Å². The standard InChI is InChI=1S/C8H17NO4/c1-4(9)2-5-7(11)8(12)6(3-10)13-5/h4-8,10-12H,2-3,9H2,1H3/t4?,5-,6+,7-,8+/m0/s1. The van der Waals surface area contributed by atoms with Crippen molar-refractivity contribution in [1.82, 2.24) is 0 Å². The van der Waals surface area contributed by atoms with E-state index in [0.29, 0.717) is 6.42 Å². The van der Waals surface area contributed by atoms with Gasteiger partial charge in [0.25, 0.3) is 0 Å². The Morgan fingerprint density at radius 3 is 2.23 bits per heavy atom. The van der Waals surface area contributed by atoms with Crippen molar-refractivity contribution in [3.63, 3.8) is 0 Å². The van der Waals surface area contributed by atoms with Gasteiger partial charge >= 0.3 is 0 Å². The van der Waals surface area contributed by atoms with Gasteiger partial charge in [-0.15, -0.1) is 0 Å². The van der Waals surface area contributed by atoms with Crippen molar-refractivity contribution in [2.24, 2.45) is 5.73 Å². The molecule has 0 amide bonds. The van der Waals surface area contributed by atoms with Gasteiger partial charge < -0.3 is 25.8 Å². The van der Waals surface area contributed by atoms with Crippen molar-refractivity contribution in [2.75, 3.05) is 6.61 Å². The van der Waals surface area contributed by atoms with E-state index in [2.05, 4.69) is 0 Å². The van der Waals surface area contributed by atoms with Gasteiger partial charge in [0.2, 0.25) is 0 Å². The highest BCUT2D eigenvalue weighted by Crippen LogP contribution is 2.23. The summed E-state index contributed by atoms with van der Waals surface area (Å²) in [6.45, 7) is 1.52. The normalized spacial score (nSPS) is 42.2. The van der Waals surface area contributed by atoms with Gasteiger partial charge in [-0.3, -0.25) is 0 Å². The van der Waals surface area contributed by atoms with E-state index in [1.54, 1.807) is 6.92 Å². The van der Waals surface area contributed by atoms with Gasteiger partial charge in [0.15, 0.2) is 0 Å². The molecule has 5 atom stereocenters. The van der Waals surface area contributed by atoms with Crippen LogP contribution in [-0.2, 0) is 4.74 Å². The molecule has 0 spiro atoms. The molecule has 0 bridgehead atoms. The highest BCUT2D eigenvalue weighted by Gasteiger charge is 2.42. The van der Waals surface area contributed by atoms with Crippen LogP contribution in [-0.4, -0.2) is 52.4 Å². The van der Waals surface area contributed by atoms with Gasteiger partial charge in [0, 0.05) is 6.04 Å². The maximum absolute atomic E-state index is 9.47. The summed E-state index contributed by atoms with van der Waals surface area (Å²) in [5.74, 6) is 0. The number of aliphatic hydroxyl groups is 3. The fraction of sp³-hybridized carbons (Fsp3) is 1.00. The third-order valence-corrected chi connectivity index (χ3v) is 2.25. The molecule has 78 valence electrons. The van der Waals surface area contributed by atoms with Crippen molar-refractivity contribution in [3.05, 3.63) is 0 Å². The average molecular weight is 191 g/mol. The molecule has 0 aromatic rings. The molecule has 1 heterocycles. The molecule has 1 unspecified atom stereocenters. The molecule has 5 heteroatoms. The van der Waals surface area contributed by atoms with E-state index in [9.17, 15) is 10.2 Å². The third-order valence-electron chi connectivity index (χ3n) is 2.25. The van der Waals surface area contributed by atoms with Crippen LogP contribution < -0.4 is 5.73 Å². The summed E-state index contributed by atoms with van der Waals surface area (Å²) in [5, 5.41) is 27.6. The Labute approximate surface area is 77.1 Å². The Hall–Kier alpha value is -0.200. The van der Waals surface area contributed by atoms with Crippen LogP contribution in [0.3, 0.4) is 0 Å². The minimum atomic E-state index is -1.01. The Morgan fingerprint density at radius 2 is 1.85 bits per heavy atom. The number of hydrogen-bond acceptors (Lipinski definition) is 5. The molecule has 1 fully saturated rings. The van der Waals surface area contributed by atoms with E-state index < -0.39 is 24.4 Å². The van der Waals surface area contributed by atoms with E-state index in [-0.39, 0.29) is 12.6 Å². The molecule has 0 radical (unpaired) electrons. The fourth-order valence-electron chi connectivity index (χ4n) is 1.54. The lowest BCUT2D eigenvalue weighted by molar-refractivity contribution is -0.0253. The Kier molecular flexibility index (Phi) is 3.63. The smallest absolute Gasteiger partial charge is 0.111 e. The molecular weight excluding hydrogens is 174 g/mol. The van der Waals surface area contributed by atoms with Crippen molar-refractivity contribution in [1.29, 1.82) is 0 Å². The van der Waals surface area contributed by atoms with E-state index in [1.807, 2.05) is 0 Å². The zero-order chi connectivity index (χ0) is 10.0. The molecule has 1 saturated heterocycles. The minimum absolute atomic E-state index is 0.0932. The van der Waals surface area contributed by atoms with Gasteiger partial charge in [-0.05, 0) is 13.3 Å². The van der Waals surface area contributed by atoms with Crippen LogP contribution >= 0.6 is 0 Å². The van der Waals surface area contributed by atoms with Crippen LogP contribution in [0.2, 0.25) is 0 Å². The molecule has 13 heavy (non-hydrogen) atoms. The quantitative estimate of drug-likeness (QED) is 0.422. The monoisotopic (exact) mass is 191 g/mol. The van der Waals surface area contributed by atoms with Crippen molar-refractivity contribution >= 4 is 0 Å². The predicted molar refractivity (Wildman–Crippen MR) is 46.0 cm³/mol. The van der Waals surface area contributed by atoms with E-state index >= 15 is 0 Å². The second-order valence-corrected chi connectivity index (χ2v) is 3.59. The molecule has 0 aromatic carbocycles. The maximum Gasteiger partial charge on any atom is 0.111 e. The van der Waals surface area contributed by atoms with Crippen LogP contribution in [0.4, 0.5) is 0 Å². The SMILES string of the molecule is CC(N)C[C@@H]1O[C@H](CO)[C@@H](O)[C@H]1O. The van der Waals surface area contributed by atoms with Crippen LogP contribution in [0.1, 0.15) is 13.3 Å². The molecule has 0 aromatic heterocycles. The first-order chi connectivity index (χ1) is 6.06. The number of nitrogens with two attached hydrogens (primary N) is 1. The Bertz CT molecular complexity index is 164. The highest BCUT2D eigenvalue weighted by molar-refractivity contribution is 4.91. The number of ether oxygens (including phenoxy) is 1. The van der Waals surface area contributed by atoms with Crippen molar-refractivity contribution in [3.8, 4) is 0 Å². The van der Waals surface area contributed by atoms with Crippen molar-refractivity contribution < 1.29 is 20.1 Å². The van der Waals surface area contributed by atoms with E-state index in [4.69, 9.17) is 15.6 Å². The predicted octanol–water partition coefficient (Wildman–Crippen LogP) is -1.79. The lowest BCUT2D eigenvalue weighted by Crippen LogP contribution is -2.35. The molecule has 0 saturated carbocycles. The highest BCUT2D eigenvalue weighted by atomic mass is 16.6. The summed E-state index contributed by atoms with van der Waals surface area (Å²) in [4.78, 5) is 0. The lowest BCUT2D eigenvalue weighted by atomic mass is 10.0. The van der Waals surface area contributed by atoms with Gasteiger partial charge in [0.1, 0.15) is 18.3 Å². The second kappa shape index (κ2) is 4.34. The first-order valence-corrected chi connectivity index (χ1v) is 4.44. The third kappa shape index (κ3) is 2.38. The summed E-state index contributed by atoms with van der Waals surface area (Å²) >= 11 is 0. The minimum Gasteiger partial charge on any atom is -0.394 e. The average Bonchev–Trinajstić information content (AvgIpc) is 2.32. The van der Waals surface area contributed by atoms with Crippen LogP contribution in [0.5, 0.6) is 0 Å². The van der Waals surface area contributed by atoms with E-state index in [1.165, 1.54) is 0 Å². The summed E-state index contributed by atoms with van der Waals surface area (Å²) in [7, 11) is 0. The lowest BCUT2D eigenvalue weighted by Gasteiger charge is -2.16. The molecule has 1 aliphatic heterocycles. The fourth-order valence-corrected chi connectivity index (χ4v) is 1.54. The largest absolute Gasteiger partial charge is 0.394 e. The number of aliphatic hydroxyl groups excluding tert-OH is 3. The van der Waals surface area contributed by atoms with Gasteiger partial charge in [-0.25, -0.2) is 0 Å². The van der Waals surface area contributed by atoms with Crippen molar-refractivity contribution in [2.45, 2.75) is 43.8 Å². The second-order valence-electron chi connectivity index (χ2n) is 3.59. The number of rotatable bonds is 3.